The molecule has 0 amide bonds. The van der Waals surface area contributed by atoms with Crippen LogP contribution in [0.2, 0.25) is 0 Å². The summed E-state index contributed by atoms with van der Waals surface area (Å²) in [6.45, 7) is 2.97. The van der Waals surface area contributed by atoms with Gasteiger partial charge in [0.1, 0.15) is 0 Å². The van der Waals surface area contributed by atoms with Gasteiger partial charge in [-0.05, 0) is 0 Å². The Morgan fingerprint density at radius 1 is 0.625 bits per heavy atom. The standard InChI is InChI=1S/C22H25OP/c1-2-18-23-19-24(20-12-6-3-7-13-20,21-14-8-4-9-15-21)22-16-10-5-11-17-22/h3-17,24H,2,18-19H2,1H3. The van der Waals surface area contributed by atoms with Crippen molar-refractivity contribution in [2.24, 2.45) is 0 Å². The van der Waals surface area contributed by atoms with Crippen LogP contribution in [0.4, 0.5) is 0 Å². The molecule has 0 aliphatic heterocycles. The predicted molar refractivity (Wildman–Crippen MR) is 108 cm³/mol. The summed E-state index contributed by atoms with van der Waals surface area (Å²) in [7, 11) is -2.18. The molecule has 0 aromatic heterocycles. The molecular formula is C22H25OP. The number of hydrogen-bond acceptors (Lipinski definition) is 1. The summed E-state index contributed by atoms with van der Waals surface area (Å²) in [5, 5.41) is 4.20. The Hall–Kier alpha value is -1.95. The summed E-state index contributed by atoms with van der Waals surface area (Å²) in [6.07, 6.45) is 1.82. The summed E-state index contributed by atoms with van der Waals surface area (Å²) < 4.78 is 6.17. The summed E-state index contributed by atoms with van der Waals surface area (Å²) in [6, 6.07) is 32.7. The Kier molecular flexibility index (Phi) is 5.80. The Morgan fingerprint density at radius 3 is 1.33 bits per heavy atom. The molecule has 0 spiro atoms. The molecule has 24 heavy (non-hydrogen) atoms. The molecular weight excluding hydrogens is 311 g/mol. The first-order valence-corrected chi connectivity index (χ1v) is 10.8. The van der Waals surface area contributed by atoms with Gasteiger partial charge in [0.25, 0.3) is 0 Å². The van der Waals surface area contributed by atoms with Gasteiger partial charge in [0, 0.05) is 0 Å². The van der Waals surface area contributed by atoms with Crippen LogP contribution in [0, 0.1) is 0 Å². The molecule has 0 saturated carbocycles. The zero-order valence-corrected chi connectivity index (χ0v) is 15.2. The van der Waals surface area contributed by atoms with Gasteiger partial charge in [-0.2, -0.15) is 0 Å². The molecule has 0 fully saturated rings. The van der Waals surface area contributed by atoms with Crippen molar-refractivity contribution >= 4 is 23.2 Å². The minimum atomic E-state index is -2.18. The molecule has 3 aromatic carbocycles. The third-order valence-electron chi connectivity index (χ3n) is 4.47. The average Bonchev–Trinajstić information content (AvgIpc) is 2.68. The summed E-state index contributed by atoms with van der Waals surface area (Å²) in [5.41, 5.74) is 0. The van der Waals surface area contributed by atoms with Gasteiger partial charge in [-0.25, -0.2) is 0 Å². The van der Waals surface area contributed by atoms with E-state index in [4.69, 9.17) is 4.74 Å². The Bertz CT molecular complexity index is 629. The molecule has 3 aromatic rings. The summed E-state index contributed by atoms with van der Waals surface area (Å²) >= 11 is 0. The summed E-state index contributed by atoms with van der Waals surface area (Å²) in [5.74, 6) is 0. The Labute approximate surface area is 145 Å². The number of hydrogen-bond donors (Lipinski definition) is 0. The monoisotopic (exact) mass is 336 g/mol. The van der Waals surface area contributed by atoms with Crippen LogP contribution >= 0.6 is 7.26 Å². The van der Waals surface area contributed by atoms with E-state index in [1.807, 2.05) is 0 Å². The molecule has 0 saturated heterocycles. The van der Waals surface area contributed by atoms with Crippen molar-refractivity contribution in [2.45, 2.75) is 13.3 Å². The number of benzene rings is 3. The van der Waals surface area contributed by atoms with Crippen molar-refractivity contribution in [3.63, 3.8) is 0 Å². The first-order chi connectivity index (χ1) is 11.9. The van der Waals surface area contributed by atoms with Gasteiger partial charge in [0.2, 0.25) is 0 Å². The number of ether oxygens (including phenoxy) is 1. The molecule has 0 N–H and O–H groups in total. The van der Waals surface area contributed by atoms with Crippen LogP contribution in [-0.2, 0) is 4.74 Å². The van der Waals surface area contributed by atoms with Gasteiger partial charge < -0.3 is 0 Å². The molecule has 0 unspecified atom stereocenters. The van der Waals surface area contributed by atoms with Crippen LogP contribution in [0.3, 0.4) is 0 Å². The normalized spacial score (nSPS) is 12.0. The van der Waals surface area contributed by atoms with Gasteiger partial charge in [-0.1, -0.05) is 0 Å². The molecule has 124 valence electrons. The molecule has 2 heteroatoms. The quantitative estimate of drug-likeness (QED) is 0.466. The van der Waals surface area contributed by atoms with Crippen molar-refractivity contribution in [3.05, 3.63) is 91.0 Å². The molecule has 0 heterocycles. The van der Waals surface area contributed by atoms with Gasteiger partial charge in [-0.15, -0.1) is 0 Å². The van der Waals surface area contributed by atoms with Crippen molar-refractivity contribution < 1.29 is 4.74 Å². The van der Waals surface area contributed by atoms with Gasteiger partial charge in [-0.3, -0.25) is 0 Å². The van der Waals surface area contributed by atoms with Crippen LogP contribution in [0.1, 0.15) is 13.3 Å². The maximum absolute atomic E-state index is 6.17. The average molecular weight is 336 g/mol. The van der Waals surface area contributed by atoms with Crippen molar-refractivity contribution in [3.8, 4) is 0 Å². The van der Waals surface area contributed by atoms with Crippen LogP contribution in [0.5, 0.6) is 0 Å². The van der Waals surface area contributed by atoms with E-state index in [0.717, 1.165) is 19.4 Å². The van der Waals surface area contributed by atoms with E-state index in [-0.39, 0.29) is 0 Å². The zero-order valence-electron chi connectivity index (χ0n) is 14.2. The Balaban J connectivity index is 2.20. The molecule has 0 bridgehead atoms. The van der Waals surface area contributed by atoms with E-state index in [1.165, 1.54) is 15.9 Å². The molecule has 0 atom stereocenters. The second-order valence-electron chi connectivity index (χ2n) is 6.06. The van der Waals surface area contributed by atoms with Gasteiger partial charge in [0.05, 0.1) is 0 Å². The SMILES string of the molecule is CCCOC[PH](c1ccccc1)(c1ccccc1)c1ccccc1. The van der Waals surface area contributed by atoms with Crippen molar-refractivity contribution in [1.29, 1.82) is 0 Å². The van der Waals surface area contributed by atoms with E-state index in [9.17, 15) is 0 Å². The van der Waals surface area contributed by atoms with E-state index in [0.29, 0.717) is 0 Å². The Morgan fingerprint density at radius 2 is 1.00 bits per heavy atom. The summed E-state index contributed by atoms with van der Waals surface area (Å²) in [4.78, 5) is 0. The first-order valence-electron chi connectivity index (χ1n) is 8.62. The molecule has 0 aliphatic rings. The molecule has 0 radical (unpaired) electrons. The van der Waals surface area contributed by atoms with Crippen molar-refractivity contribution in [2.75, 3.05) is 13.0 Å². The van der Waals surface area contributed by atoms with E-state index < -0.39 is 7.26 Å². The second-order valence-corrected chi connectivity index (χ2v) is 9.89. The number of rotatable bonds is 7. The molecule has 3 rings (SSSR count). The minimum absolute atomic E-state index is 0.777. The van der Waals surface area contributed by atoms with Gasteiger partial charge in [0.15, 0.2) is 0 Å². The predicted octanol–water partition coefficient (Wildman–Crippen LogP) is 4.10. The van der Waals surface area contributed by atoms with Crippen LogP contribution in [-0.4, -0.2) is 13.0 Å². The van der Waals surface area contributed by atoms with Crippen molar-refractivity contribution in [1.82, 2.24) is 0 Å². The fourth-order valence-electron chi connectivity index (χ4n) is 3.29. The van der Waals surface area contributed by atoms with E-state index in [1.54, 1.807) is 0 Å². The van der Waals surface area contributed by atoms with Crippen LogP contribution in [0.15, 0.2) is 91.0 Å². The first kappa shape index (κ1) is 16.9. The maximum atomic E-state index is 6.17. The van der Waals surface area contributed by atoms with E-state index in [2.05, 4.69) is 97.9 Å². The molecule has 1 nitrogen and oxygen atoms in total. The van der Waals surface area contributed by atoms with Crippen LogP contribution < -0.4 is 15.9 Å². The zero-order chi connectivity index (χ0) is 16.7. The van der Waals surface area contributed by atoms with E-state index >= 15 is 0 Å². The topological polar surface area (TPSA) is 9.23 Å². The van der Waals surface area contributed by atoms with Gasteiger partial charge >= 0.3 is 145 Å². The fraction of sp³-hybridized carbons (Fsp3) is 0.182. The van der Waals surface area contributed by atoms with Crippen LogP contribution in [0.25, 0.3) is 0 Å². The second kappa shape index (κ2) is 8.24. The third-order valence-corrected chi connectivity index (χ3v) is 9.06. The fourth-order valence-corrected chi connectivity index (χ4v) is 7.52. The molecule has 0 aliphatic carbocycles. The third kappa shape index (κ3) is 3.43.